The summed E-state index contributed by atoms with van der Waals surface area (Å²) in [5, 5.41) is 7.83. The molecule has 0 fully saturated rings. The normalized spacial score (nSPS) is 18.3. The smallest absolute Gasteiger partial charge is 0.211 e. The van der Waals surface area contributed by atoms with Gasteiger partial charge in [0.05, 0.1) is 11.4 Å². The molecule has 1 aromatic carbocycles. The minimum Gasteiger partial charge on any atom is -0.369 e. The van der Waals surface area contributed by atoms with Gasteiger partial charge < -0.3 is 11.5 Å². The van der Waals surface area contributed by atoms with E-state index in [4.69, 9.17) is 11.5 Å². The van der Waals surface area contributed by atoms with E-state index in [1.165, 1.54) is 6.07 Å². The number of guanidine groups is 1. The first-order valence-electron chi connectivity index (χ1n) is 7.51. The molecule has 0 spiro atoms. The zero-order valence-corrected chi connectivity index (χ0v) is 13.1. The minimum atomic E-state index is -0.475. The first-order chi connectivity index (χ1) is 11.5. The van der Waals surface area contributed by atoms with Gasteiger partial charge in [-0.25, -0.2) is 8.78 Å². The summed E-state index contributed by atoms with van der Waals surface area (Å²) in [6.45, 7) is 1.94. The van der Waals surface area contributed by atoms with Crippen LogP contribution in [0.25, 0.3) is 0 Å². The van der Waals surface area contributed by atoms with Crippen molar-refractivity contribution in [1.82, 2.24) is 4.98 Å². The number of hydrogen-bond acceptors (Lipinski definition) is 3. The van der Waals surface area contributed by atoms with Crippen molar-refractivity contribution in [2.24, 2.45) is 21.7 Å². The summed E-state index contributed by atoms with van der Waals surface area (Å²) in [5.74, 6) is -1.36. The number of benzene rings is 1. The van der Waals surface area contributed by atoms with Gasteiger partial charge in [-0.3, -0.25) is 4.98 Å². The highest BCUT2D eigenvalue weighted by Crippen LogP contribution is 2.35. The Morgan fingerprint density at radius 1 is 1.21 bits per heavy atom. The Hall–Kier alpha value is -2.83. The van der Waals surface area contributed by atoms with Crippen LogP contribution in [0.15, 0.2) is 40.7 Å². The van der Waals surface area contributed by atoms with Crippen LogP contribution in [0.1, 0.15) is 34.7 Å². The van der Waals surface area contributed by atoms with Crippen molar-refractivity contribution >= 4 is 11.7 Å². The maximum absolute atomic E-state index is 14.2. The predicted octanol–water partition coefficient (Wildman–Crippen LogP) is 2.38. The molecule has 0 amide bonds. The third-order valence-electron chi connectivity index (χ3n) is 4.09. The monoisotopic (exact) mass is 329 g/mol. The largest absolute Gasteiger partial charge is 0.369 e. The van der Waals surface area contributed by atoms with Crippen LogP contribution in [0.4, 0.5) is 8.78 Å². The van der Waals surface area contributed by atoms with E-state index in [2.05, 4.69) is 15.2 Å². The van der Waals surface area contributed by atoms with Crippen LogP contribution in [-0.2, 0) is 6.42 Å². The fourth-order valence-electron chi connectivity index (χ4n) is 3.06. The Morgan fingerprint density at radius 2 is 2.00 bits per heavy atom. The van der Waals surface area contributed by atoms with Crippen LogP contribution in [0.5, 0.6) is 0 Å². The lowest BCUT2D eigenvalue weighted by Gasteiger charge is -2.26. The maximum Gasteiger partial charge on any atom is 0.211 e. The van der Waals surface area contributed by atoms with Gasteiger partial charge in [0.15, 0.2) is 0 Å². The van der Waals surface area contributed by atoms with Gasteiger partial charge in [-0.1, -0.05) is 0 Å². The summed E-state index contributed by atoms with van der Waals surface area (Å²) in [5.41, 5.74) is 14.3. The Labute approximate surface area is 138 Å². The topological polar surface area (TPSA) is 89.6 Å². The fraction of sp³-hybridized carbons (Fsp3) is 0.235. The summed E-state index contributed by atoms with van der Waals surface area (Å²) in [4.78, 5) is 4.38. The SMILES string of the molecule is Cc1ccnc2c1/C(=N/N=C(N)N)CC(c1cc(F)ccc1F)C2. The number of fused-ring (bicyclic) bond motifs is 1. The van der Waals surface area contributed by atoms with Crippen molar-refractivity contribution < 1.29 is 8.78 Å². The fourth-order valence-corrected chi connectivity index (χ4v) is 3.06. The van der Waals surface area contributed by atoms with Crippen molar-refractivity contribution in [2.45, 2.75) is 25.7 Å². The molecule has 1 atom stereocenters. The van der Waals surface area contributed by atoms with Crippen LogP contribution >= 0.6 is 0 Å². The van der Waals surface area contributed by atoms with Crippen molar-refractivity contribution in [3.05, 3.63) is 64.5 Å². The first-order valence-corrected chi connectivity index (χ1v) is 7.51. The molecule has 1 aliphatic carbocycles. The Morgan fingerprint density at radius 3 is 2.75 bits per heavy atom. The van der Waals surface area contributed by atoms with Crippen LogP contribution in [0.2, 0.25) is 0 Å². The third kappa shape index (κ3) is 3.10. The molecule has 7 heteroatoms. The molecule has 0 radical (unpaired) electrons. The Balaban J connectivity index is 2.10. The van der Waals surface area contributed by atoms with Gasteiger partial charge in [-0.15, -0.1) is 5.10 Å². The molecule has 5 nitrogen and oxygen atoms in total. The molecule has 1 heterocycles. The summed E-state index contributed by atoms with van der Waals surface area (Å²) in [6, 6.07) is 5.33. The Kier molecular flexibility index (Phi) is 4.24. The second kappa shape index (κ2) is 6.35. The van der Waals surface area contributed by atoms with E-state index in [-0.39, 0.29) is 11.9 Å². The molecule has 0 aliphatic heterocycles. The van der Waals surface area contributed by atoms with Crippen molar-refractivity contribution in [1.29, 1.82) is 0 Å². The highest BCUT2D eigenvalue weighted by atomic mass is 19.1. The van der Waals surface area contributed by atoms with Gasteiger partial charge in [0, 0.05) is 11.8 Å². The first kappa shape index (κ1) is 16.0. The molecule has 24 heavy (non-hydrogen) atoms. The average Bonchev–Trinajstić information content (AvgIpc) is 2.54. The quantitative estimate of drug-likeness (QED) is 0.503. The molecule has 1 aliphatic rings. The van der Waals surface area contributed by atoms with Gasteiger partial charge in [-0.05, 0) is 61.1 Å². The zero-order valence-electron chi connectivity index (χ0n) is 13.1. The molecular weight excluding hydrogens is 312 g/mol. The third-order valence-corrected chi connectivity index (χ3v) is 4.09. The van der Waals surface area contributed by atoms with Crippen molar-refractivity contribution in [3.63, 3.8) is 0 Å². The summed E-state index contributed by atoms with van der Waals surface area (Å²) in [6.07, 6.45) is 2.59. The number of halogens is 2. The summed E-state index contributed by atoms with van der Waals surface area (Å²) < 4.78 is 27.7. The number of nitrogens with zero attached hydrogens (tertiary/aromatic N) is 3. The van der Waals surface area contributed by atoms with Gasteiger partial charge >= 0.3 is 0 Å². The summed E-state index contributed by atoms with van der Waals surface area (Å²) in [7, 11) is 0. The second-order valence-corrected chi connectivity index (χ2v) is 5.79. The second-order valence-electron chi connectivity index (χ2n) is 5.79. The number of aromatic nitrogens is 1. The molecule has 1 aromatic heterocycles. The molecule has 2 aromatic rings. The minimum absolute atomic E-state index is 0.162. The van der Waals surface area contributed by atoms with Gasteiger partial charge in [0.2, 0.25) is 5.96 Å². The number of aryl methyl sites for hydroxylation is 1. The van der Waals surface area contributed by atoms with Crippen LogP contribution in [-0.4, -0.2) is 16.7 Å². The highest BCUT2D eigenvalue weighted by Gasteiger charge is 2.29. The van der Waals surface area contributed by atoms with E-state index in [1.54, 1.807) is 6.20 Å². The van der Waals surface area contributed by atoms with Gasteiger partial charge in [0.25, 0.3) is 0 Å². The van der Waals surface area contributed by atoms with Gasteiger partial charge in [-0.2, -0.15) is 5.10 Å². The maximum atomic E-state index is 14.2. The van der Waals surface area contributed by atoms with E-state index in [9.17, 15) is 8.78 Å². The zero-order chi connectivity index (χ0) is 17.3. The molecule has 3 rings (SSSR count). The van der Waals surface area contributed by atoms with E-state index in [0.29, 0.717) is 24.1 Å². The van der Waals surface area contributed by atoms with Crippen molar-refractivity contribution in [3.8, 4) is 0 Å². The molecule has 124 valence electrons. The number of pyridine rings is 1. The summed E-state index contributed by atoms with van der Waals surface area (Å²) >= 11 is 0. The van der Waals surface area contributed by atoms with E-state index in [0.717, 1.165) is 29.0 Å². The molecular formula is C17H17F2N5. The van der Waals surface area contributed by atoms with Crippen molar-refractivity contribution in [2.75, 3.05) is 0 Å². The van der Waals surface area contributed by atoms with Gasteiger partial charge in [0.1, 0.15) is 11.6 Å². The Bertz CT molecular complexity index is 841. The van der Waals surface area contributed by atoms with E-state index < -0.39 is 11.6 Å². The molecule has 1 unspecified atom stereocenters. The van der Waals surface area contributed by atoms with Crippen LogP contribution < -0.4 is 11.5 Å². The number of hydrogen-bond donors (Lipinski definition) is 2. The average molecular weight is 329 g/mol. The lowest BCUT2D eigenvalue weighted by atomic mass is 9.80. The standard InChI is InChI=1S/C17H17F2N5/c1-9-4-5-22-14-6-10(12-8-11(18)2-3-13(12)19)7-15(16(9)14)23-24-17(20)21/h2-5,8,10H,6-7H2,1H3,(H4,20,21,24)/b23-15+. The number of rotatable bonds is 2. The molecule has 0 bridgehead atoms. The van der Waals surface area contributed by atoms with E-state index in [1.807, 2.05) is 13.0 Å². The van der Waals surface area contributed by atoms with Crippen LogP contribution in [0, 0.1) is 18.6 Å². The lowest BCUT2D eigenvalue weighted by Crippen LogP contribution is -2.24. The molecule has 0 saturated heterocycles. The lowest BCUT2D eigenvalue weighted by molar-refractivity contribution is 0.554. The molecule has 4 N–H and O–H groups in total. The number of nitrogens with two attached hydrogens (primary N) is 2. The van der Waals surface area contributed by atoms with E-state index >= 15 is 0 Å². The molecule has 0 saturated carbocycles. The highest BCUT2D eigenvalue weighted by molar-refractivity contribution is 6.04. The van der Waals surface area contributed by atoms with Crippen LogP contribution in [0.3, 0.4) is 0 Å². The predicted molar refractivity (Wildman–Crippen MR) is 88.7 cm³/mol.